The summed E-state index contributed by atoms with van der Waals surface area (Å²) in [6, 6.07) is 6.77. The van der Waals surface area contributed by atoms with Gasteiger partial charge in [-0.1, -0.05) is 13.8 Å². The van der Waals surface area contributed by atoms with Gasteiger partial charge in [-0.3, -0.25) is 4.79 Å². The van der Waals surface area contributed by atoms with Gasteiger partial charge in [-0.2, -0.15) is 0 Å². The van der Waals surface area contributed by atoms with Crippen LogP contribution in [0.5, 0.6) is 5.75 Å². The quantitative estimate of drug-likeness (QED) is 0.800. The van der Waals surface area contributed by atoms with Crippen molar-refractivity contribution in [3.05, 3.63) is 40.2 Å². The topological polar surface area (TPSA) is 59.8 Å². The van der Waals surface area contributed by atoms with Crippen LogP contribution in [0.2, 0.25) is 0 Å². The molecule has 1 aliphatic rings. The number of amides is 1. The van der Waals surface area contributed by atoms with Crippen LogP contribution in [-0.4, -0.2) is 31.0 Å². The molecule has 0 aliphatic carbocycles. The van der Waals surface area contributed by atoms with Crippen molar-refractivity contribution in [1.29, 1.82) is 0 Å². The summed E-state index contributed by atoms with van der Waals surface area (Å²) < 4.78 is 10.5. The van der Waals surface area contributed by atoms with Crippen LogP contribution in [-0.2, 0) is 0 Å². The highest BCUT2D eigenvalue weighted by Gasteiger charge is 2.28. The van der Waals surface area contributed by atoms with E-state index in [1.165, 1.54) is 0 Å². The van der Waals surface area contributed by atoms with Crippen LogP contribution >= 0.6 is 0 Å². The summed E-state index contributed by atoms with van der Waals surface area (Å²) >= 11 is 0. The van der Waals surface area contributed by atoms with Gasteiger partial charge in [0, 0.05) is 18.5 Å². The van der Waals surface area contributed by atoms with E-state index in [2.05, 4.69) is 13.8 Å². The summed E-state index contributed by atoms with van der Waals surface area (Å²) in [5, 5.41) is 0.686. The molecule has 0 spiro atoms. The second-order valence-corrected chi connectivity index (χ2v) is 6.51. The molecule has 0 N–H and O–H groups in total. The second kappa shape index (κ2) is 6.07. The zero-order chi connectivity index (χ0) is 16.6. The lowest BCUT2D eigenvalue weighted by atomic mass is 9.91. The van der Waals surface area contributed by atoms with E-state index >= 15 is 0 Å². The fraction of sp³-hybridized carbons (Fsp3) is 0.444. The van der Waals surface area contributed by atoms with Crippen LogP contribution in [0.4, 0.5) is 0 Å². The average Bonchev–Trinajstić information content (AvgIpc) is 2.52. The molecule has 1 aromatic carbocycles. The molecule has 2 heterocycles. The van der Waals surface area contributed by atoms with Crippen LogP contribution in [0.25, 0.3) is 11.0 Å². The zero-order valence-corrected chi connectivity index (χ0v) is 13.7. The molecule has 5 nitrogen and oxygen atoms in total. The van der Waals surface area contributed by atoms with Gasteiger partial charge in [0.1, 0.15) is 16.9 Å². The molecule has 1 aromatic heterocycles. The van der Waals surface area contributed by atoms with E-state index in [0.29, 0.717) is 41.6 Å². The lowest BCUT2D eigenvalue weighted by Gasteiger charge is -2.34. The van der Waals surface area contributed by atoms with E-state index in [1.54, 1.807) is 36.3 Å². The van der Waals surface area contributed by atoms with Gasteiger partial charge < -0.3 is 14.1 Å². The van der Waals surface area contributed by atoms with E-state index in [4.69, 9.17) is 9.15 Å². The fourth-order valence-electron chi connectivity index (χ4n) is 3.38. The highest BCUT2D eigenvalue weighted by Crippen LogP contribution is 2.24. The third-order valence-electron chi connectivity index (χ3n) is 4.33. The summed E-state index contributed by atoms with van der Waals surface area (Å²) in [5.41, 5.74) is -0.0432. The minimum Gasteiger partial charge on any atom is -0.497 e. The number of nitrogens with zero attached hydrogens (tertiary/aromatic N) is 1. The maximum Gasteiger partial charge on any atom is 0.349 e. The number of benzene rings is 1. The smallest absolute Gasteiger partial charge is 0.349 e. The van der Waals surface area contributed by atoms with Crippen LogP contribution in [0, 0.1) is 11.8 Å². The number of ether oxygens (including phenoxy) is 1. The fourth-order valence-corrected chi connectivity index (χ4v) is 3.38. The van der Waals surface area contributed by atoms with Gasteiger partial charge in [0.05, 0.1) is 7.11 Å². The molecule has 1 aliphatic heterocycles. The maximum atomic E-state index is 12.7. The number of carbonyl (C=O) groups is 1. The van der Waals surface area contributed by atoms with Crippen LogP contribution in [0.3, 0.4) is 0 Å². The zero-order valence-electron chi connectivity index (χ0n) is 13.7. The van der Waals surface area contributed by atoms with Gasteiger partial charge in [0.15, 0.2) is 0 Å². The first-order valence-electron chi connectivity index (χ1n) is 7.89. The predicted molar refractivity (Wildman–Crippen MR) is 87.9 cm³/mol. The monoisotopic (exact) mass is 315 g/mol. The predicted octanol–water partition coefficient (Wildman–Crippen LogP) is 2.92. The largest absolute Gasteiger partial charge is 0.497 e. The third kappa shape index (κ3) is 3.09. The molecular weight excluding hydrogens is 294 g/mol. The second-order valence-electron chi connectivity index (χ2n) is 6.51. The SMILES string of the molecule is COc1ccc2oc(=O)c(C(=O)N3C[C@H](C)C[C@@H](C)C3)cc2c1. The van der Waals surface area contributed by atoms with Crippen molar-refractivity contribution in [1.82, 2.24) is 4.90 Å². The Labute approximate surface area is 134 Å². The summed E-state index contributed by atoms with van der Waals surface area (Å²) in [5.74, 6) is 1.29. The lowest BCUT2D eigenvalue weighted by Crippen LogP contribution is -2.43. The minimum atomic E-state index is -0.585. The van der Waals surface area contributed by atoms with Gasteiger partial charge in [-0.05, 0) is 42.5 Å². The molecule has 3 rings (SSSR count). The van der Waals surface area contributed by atoms with Gasteiger partial charge in [0.25, 0.3) is 5.91 Å². The molecule has 2 atom stereocenters. The van der Waals surface area contributed by atoms with E-state index in [0.717, 1.165) is 6.42 Å². The van der Waals surface area contributed by atoms with E-state index < -0.39 is 5.63 Å². The summed E-state index contributed by atoms with van der Waals surface area (Å²) in [7, 11) is 1.57. The molecule has 1 amide bonds. The Morgan fingerprint density at radius 2 is 1.91 bits per heavy atom. The van der Waals surface area contributed by atoms with Gasteiger partial charge >= 0.3 is 5.63 Å². The highest BCUT2D eigenvalue weighted by molar-refractivity contribution is 5.96. The van der Waals surface area contributed by atoms with Crippen molar-refractivity contribution >= 4 is 16.9 Å². The Bertz CT molecular complexity index is 785. The number of carbonyl (C=O) groups excluding carboxylic acids is 1. The van der Waals surface area contributed by atoms with Crippen molar-refractivity contribution in [3.8, 4) is 5.75 Å². The average molecular weight is 315 g/mol. The van der Waals surface area contributed by atoms with E-state index in [1.807, 2.05) is 0 Å². The molecule has 5 heteroatoms. The number of piperidine rings is 1. The number of likely N-dealkylation sites (tertiary alicyclic amines) is 1. The Morgan fingerprint density at radius 1 is 1.22 bits per heavy atom. The van der Waals surface area contributed by atoms with Gasteiger partial charge in [-0.25, -0.2) is 4.79 Å². The minimum absolute atomic E-state index is 0.0899. The Kier molecular flexibility index (Phi) is 4.11. The van der Waals surface area contributed by atoms with E-state index in [9.17, 15) is 9.59 Å². The molecule has 1 fully saturated rings. The number of hydrogen-bond donors (Lipinski definition) is 0. The molecule has 2 aromatic rings. The van der Waals surface area contributed by atoms with Gasteiger partial charge in [-0.15, -0.1) is 0 Å². The number of methoxy groups -OCH3 is 1. The molecule has 0 saturated carbocycles. The normalized spacial score (nSPS) is 21.4. The molecule has 0 radical (unpaired) electrons. The Hall–Kier alpha value is -2.30. The van der Waals surface area contributed by atoms with Crippen molar-refractivity contribution in [2.45, 2.75) is 20.3 Å². The first-order valence-corrected chi connectivity index (χ1v) is 7.89. The highest BCUT2D eigenvalue weighted by atomic mass is 16.5. The summed E-state index contributed by atoms with van der Waals surface area (Å²) in [6.45, 7) is 5.62. The van der Waals surface area contributed by atoms with Crippen molar-refractivity contribution < 1.29 is 13.9 Å². The van der Waals surface area contributed by atoms with Crippen molar-refractivity contribution in [2.24, 2.45) is 11.8 Å². The van der Waals surface area contributed by atoms with Crippen molar-refractivity contribution in [2.75, 3.05) is 20.2 Å². The number of hydrogen-bond acceptors (Lipinski definition) is 4. The first kappa shape index (κ1) is 15.6. The van der Waals surface area contributed by atoms with Crippen molar-refractivity contribution in [3.63, 3.8) is 0 Å². The Morgan fingerprint density at radius 3 is 2.57 bits per heavy atom. The first-order chi connectivity index (χ1) is 11.0. The number of fused-ring (bicyclic) bond motifs is 1. The molecule has 122 valence electrons. The Balaban J connectivity index is 1.99. The van der Waals surface area contributed by atoms with Crippen LogP contribution < -0.4 is 10.4 Å². The van der Waals surface area contributed by atoms with Crippen LogP contribution in [0.15, 0.2) is 33.5 Å². The lowest BCUT2D eigenvalue weighted by molar-refractivity contribution is 0.0619. The molecule has 0 unspecified atom stereocenters. The van der Waals surface area contributed by atoms with E-state index in [-0.39, 0.29) is 11.5 Å². The van der Waals surface area contributed by atoms with Gasteiger partial charge in [0.2, 0.25) is 0 Å². The van der Waals surface area contributed by atoms with Crippen LogP contribution in [0.1, 0.15) is 30.6 Å². The molecule has 23 heavy (non-hydrogen) atoms. The number of rotatable bonds is 2. The summed E-state index contributed by atoms with van der Waals surface area (Å²) in [6.07, 6.45) is 1.10. The molecular formula is C18H21NO4. The summed E-state index contributed by atoms with van der Waals surface area (Å²) in [4.78, 5) is 26.7. The maximum absolute atomic E-state index is 12.7. The molecule has 0 bridgehead atoms. The standard InChI is InChI=1S/C18H21NO4/c1-11-6-12(2)10-19(9-11)17(20)15-8-13-7-14(22-3)4-5-16(13)23-18(15)21/h4-5,7-8,11-12H,6,9-10H2,1-3H3/t11-,12-/m1/s1. The third-order valence-corrected chi connectivity index (χ3v) is 4.33. The molecule has 1 saturated heterocycles.